The molecule has 1 heterocycles. The molecule has 25 heavy (non-hydrogen) atoms. The van der Waals surface area contributed by atoms with Crippen LogP contribution in [-0.2, 0) is 29.0 Å². The van der Waals surface area contributed by atoms with Gasteiger partial charge in [-0.25, -0.2) is 0 Å². The number of aliphatic hydroxyl groups is 1. The number of aliphatic hydroxyl groups excluding tert-OH is 1. The van der Waals surface area contributed by atoms with Gasteiger partial charge in [-0.05, 0) is 23.1 Å². The van der Waals surface area contributed by atoms with Gasteiger partial charge in [0.15, 0.2) is 0 Å². The Morgan fingerprint density at radius 3 is 2.44 bits per heavy atom. The third kappa shape index (κ3) is 4.25. The number of amides is 2. The summed E-state index contributed by atoms with van der Waals surface area (Å²) in [4.78, 5) is 26.6. The summed E-state index contributed by atoms with van der Waals surface area (Å²) in [6.07, 6.45) is 0.978. The first kappa shape index (κ1) is 17.2. The smallest absolute Gasteiger partial charge is 0.247 e. The average Bonchev–Trinajstić information content (AvgIpc) is 2.66. The van der Waals surface area contributed by atoms with Crippen molar-refractivity contribution in [2.24, 2.45) is 0 Å². The quantitative estimate of drug-likeness (QED) is 0.863. The number of carbonyl (C=O) groups is 2. The SMILES string of the molecule is O=C(Cc1ccccc1)NC(CO)C(=O)N1CCc2ccccc2C1. The van der Waals surface area contributed by atoms with Gasteiger partial charge in [-0.1, -0.05) is 54.6 Å². The summed E-state index contributed by atoms with van der Waals surface area (Å²) >= 11 is 0. The van der Waals surface area contributed by atoms with Crippen molar-refractivity contribution < 1.29 is 14.7 Å². The van der Waals surface area contributed by atoms with Gasteiger partial charge < -0.3 is 15.3 Å². The van der Waals surface area contributed by atoms with Crippen molar-refractivity contribution in [1.82, 2.24) is 10.2 Å². The highest BCUT2D eigenvalue weighted by atomic mass is 16.3. The first-order valence-electron chi connectivity index (χ1n) is 8.47. The molecule has 3 rings (SSSR count). The molecule has 1 unspecified atom stereocenters. The van der Waals surface area contributed by atoms with Gasteiger partial charge in [0.2, 0.25) is 11.8 Å². The first-order chi connectivity index (χ1) is 12.2. The molecular formula is C20H22N2O3. The first-order valence-corrected chi connectivity index (χ1v) is 8.47. The Balaban J connectivity index is 1.61. The molecule has 1 aliphatic heterocycles. The summed E-state index contributed by atoms with van der Waals surface area (Å²) in [5.41, 5.74) is 3.24. The van der Waals surface area contributed by atoms with Gasteiger partial charge in [0, 0.05) is 13.1 Å². The monoisotopic (exact) mass is 338 g/mol. The van der Waals surface area contributed by atoms with Crippen molar-refractivity contribution in [3.05, 3.63) is 71.3 Å². The third-order valence-corrected chi connectivity index (χ3v) is 4.47. The van der Waals surface area contributed by atoms with Gasteiger partial charge in [0.05, 0.1) is 13.0 Å². The van der Waals surface area contributed by atoms with Crippen molar-refractivity contribution in [1.29, 1.82) is 0 Å². The largest absolute Gasteiger partial charge is 0.394 e. The van der Waals surface area contributed by atoms with Crippen LogP contribution in [0.5, 0.6) is 0 Å². The Hall–Kier alpha value is -2.66. The van der Waals surface area contributed by atoms with Crippen LogP contribution in [0.15, 0.2) is 54.6 Å². The van der Waals surface area contributed by atoms with E-state index in [4.69, 9.17) is 0 Å². The number of hydrogen-bond acceptors (Lipinski definition) is 3. The van der Waals surface area contributed by atoms with E-state index in [1.807, 2.05) is 48.5 Å². The van der Waals surface area contributed by atoms with E-state index in [-0.39, 0.29) is 18.2 Å². The molecular weight excluding hydrogens is 316 g/mol. The minimum absolute atomic E-state index is 0.188. The summed E-state index contributed by atoms with van der Waals surface area (Å²) in [5.74, 6) is -0.505. The molecule has 130 valence electrons. The van der Waals surface area contributed by atoms with Crippen LogP contribution in [0.1, 0.15) is 16.7 Å². The highest BCUT2D eigenvalue weighted by Gasteiger charge is 2.27. The highest BCUT2D eigenvalue weighted by Crippen LogP contribution is 2.19. The molecule has 2 aromatic rings. The fourth-order valence-corrected chi connectivity index (χ4v) is 3.12. The second-order valence-electron chi connectivity index (χ2n) is 6.24. The molecule has 1 aliphatic rings. The Kier molecular flexibility index (Phi) is 5.46. The van der Waals surface area contributed by atoms with E-state index in [1.54, 1.807) is 4.90 Å². The van der Waals surface area contributed by atoms with Gasteiger partial charge >= 0.3 is 0 Å². The minimum atomic E-state index is -0.901. The maximum absolute atomic E-state index is 12.7. The normalized spacial score (nSPS) is 14.5. The standard InChI is InChI=1S/C20H22N2O3/c23-14-18(21-19(24)12-15-6-2-1-3-7-15)20(25)22-11-10-16-8-4-5-9-17(16)13-22/h1-9,18,23H,10-14H2,(H,21,24). The van der Waals surface area contributed by atoms with Crippen molar-refractivity contribution in [3.8, 4) is 0 Å². The molecule has 1 atom stereocenters. The fourth-order valence-electron chi connectivity index (χ4n) is 3.12. The lowest BCUT2D eigenvalue weighted by molar-refractivity contribution is -0.138. The molecule has 5 heteroatoms. The van der Waals surface area contributed by atoms with Crippen LogP contribution in [-0.4, -0.2) is 41.0 Å². The van der Waals surface area contributed by atoms with E-state index < -0.39 is 12.6 Å². The molecule has 2 aromatic carbocycles. The van der Waals surface area contributed by atoms with Crippen LogP contribution >= 0.6 is 0 Å². The maximum Gasteiger partial charge on any atom is 0.247 e. The Morgan fingerprint density at radius 1 is 1.04 bits per heavy atom. The minimum Gasteiger partial charge on any atom is -0.394 e. The molecule has 0 radical (unpaired) electrons. The Morgan fingerprint density at radius 2 is 1.72 bits per heavy atom. The lowest BCUT2D eigenvalue weighted by atomic mass is 9.99. The van der Waals surface area contributed by atoms with Gasteiger partial charge in [0.1, 0.15) is 6.04 Å². The van der Waals surface area contributed by atoms with Gasteiger partial charge in [0.25, 0.3) is 0 Å². The number of nitrogens with zero attached hydrogens (tertiary/aromatic N) is 1. The second-order valence-corrected chi connectivity index (χ2v) is 6.24. The lowest BCUT2D eigenvalue weighted by Gasteiger charge is -2.31. The van der Waals surface area contributed by atoms with E-state index in [1.165, 1.54) is 5.56 Å². The summed E-state index contributed by atoms with van der Waals surface area (Å²) < 4.78 is 0. The molecule has 0 saturated heterocycles. The number of rotatable bonds is 5. The van der Waals surface area contributed by atoms with E-state index in [0.717, 1.165) is 17.5 Å². The van der Waals surface area contributed by atoms with Crippen molar-refractivity contribution in [2.75, 3.05) is 13.2 Å². The molecule has 2 N–H and O–H groups in total. The van der Waals surface area contributed by atoms with E-state index in [2.05, 4.69) is 11.4 Å². The third-order valence-electron chi connectivity index (χ3n) is 4.47. The number of hydrogen-bond donors (Lipinski definition) is 2. The van der Waals surface area contributed by atoms with Gasteiger partial charge in [-0.2, -0.15) is 0 Å². The maximum atomic E-state index is 12.7. The summed E-state index contributed by atoms with van der Waals surface area (Å²) in [6, 6.07) is 16.5. The fraction of sp³-hybridized carbons (Fsp3) is 0.300. The van der Waals surface area contributed by atoms with Crippen molar-refractivity contribution >= 4 is 11.8 Å². The number of benzene rings is 2. The van der Waals surface area contributed by atoms with E-state index in [9.17, 15) is 14.7 Å². The van der Waals surface area contributed by atoms with E-state index in [0.29, 0.717) is 13.1 Å². The van der Waals surface area contributed by atoms with Crippen LogP contribution in [0.4, 0.5) is 0 Å². The number of fused-ring (bicyclic) bond motifs is 1. The second kappa shape index (κ2) is 7.94. The molecule has 0 fully saturated rings. The molecule has 0 aromatic heterocycles. The molecule has 0 bridgehead atoms. The zero-order valence-electron chi connectivity index (χ0n) is 14.0. The molecule has 0 spiro atoms. The number of carbonyl (C=O) groups excluding carboxylic acids is 2. The van der Waals surface area contributed by atoms with Crippen molar-refractivity contribution in [3.63, 3.8) is 0 Å². The predicted molar refractivity (Wildman–Crippen MR) is 94.7 cm³/mol. The summed E-state index contributed by atoms with van der Waals surface area (Å²) in [5, 5.41) is 12.2. The Bertz CT molecular complexity index is 746. The summed E-state index contributed by atoms with van der Waals surface area (Å²) in [7, 11) is 0. The predicted octanol–water partition coefficient (Wildman–Crippen LogP) is 1.29. The highest BCUT2D eigenvalue weighted by molar-refractivity contribution is 5.88. The van der Waals surface area contributed by atoms with Crippen LogP contribution in [0.3, 0.4) is 0 Å². The zero-order valence-corrected chi connectivity index (χ0v) is 14.0. The van der Waals surface area contributed by atoms with Crippen LogP contribution < -0.4 is 5.32 Å². The Labute approximate surface area is 147 Å². The molecule has 2 amide bonds. The topological polar surface area (TPSA) is 69.6 Å². The lowest BCUT2D eigenvalue weighted by Crippen LogP contribution is -2.51. The van der Waals surface area contributed by atoms with Crippen molar-refractivity contribution in [2.45, 2.75) is 25.4 Å². The van der Waals surface area contributed by atoms with Gasteiger partial charge in [-0.3, -0.25) is 9.59 Å². The molecule has 0 aliphatic carbocycles. The van der Waals surface area contributed by atoms with Crippen LogP contribution in [0.2, 0.25) is 0 Å². The zero-order chi connectivity index (χ0) is 17.6. The number of nitrogens with one attached hydrogen (secondary N) is 1. The summed E-state index contributed by atoms with van der Waals surface area (Å²) in [6.45, 7) is 0.707. The van der Waals surface area contributed by atoms with Gasteiger partial charge in [-0.15, -0.1) is 0 Å². The molecule has 0 saturated carbocycles. The van der Waals surface area contributed by atoms with Crippen LogP contribution in [0, 0.1) is 0 Å². The average molecular weight is 338 g/mol. The molecule has 5 nitrogen and oxygen atoms in total. The van der Waals surface area contributed by atoms with Crippen LogP contribution in [0.25, 0.3) is 0 Å². The van der Waals surface area contributed by atoms with E-state index >= 15 is 0 Å².